The van der Waals surface area contributed by atoms with Gasteiger partial charge in [-0.15, -0.1) is 0 Å². The maximum Gasteiger partial charge on any atom is 0.137 e. The summed E-state index contributed by atoms with van der Waals surface area (Å²) in [6.07, 6.45) is 0.547. The molecule has 2 unspecified atom stereocenters. The van der Waals surface area contributed by atoms with Crippen LogP contribution in [0.4, 0.5) is 4.39 Å². The highest BCUT2D eigenvalue weighted by Crippen LogP contribution is 2.40. The fourth-order valence-electron chi connectivity index (χ4n) is 2.54. The minimum Gasteiger partial charge on any atom is -0.485 e. The average molecular weight is 336 g/mol. The zero-order valence-corrected chi connectivity index (χ0v) is 12.7. The molecule has 2 nitrogen and oxygen atoms in total. The second-order valence-electron chi connectivity index (χ2n) is 5.16. The summed E-state index contributed by atoms with van der Waals surface area (Å²) in [5.74, 6) is 0.546. The molecule has 4 heteroatoms. The van der Waals surface area contributed by atoms with Gasteiger partial charge in [-0.1, -0.05) is 23.8 Å². The maximum absolute atomic E-state index is 13.3. The number of benzene rings is 2. The van der Waals surface area contributed by atoms with Gasteiger partial charge in [-0.05, 0) is 46.6 Å². The standard InChI is InChI=1S/C16H15BrFNO/c1-9-2-5-15-11(6-9)14(19)8-16(20-15)10-3-4-13(18)12(17)7-10/h2-7,14,16H,8,19H2,1H3. The van der Waals surface area contributed by atoms with Crippen molar-refractivity contribution in [3.63, 3.8) is 0 Å². The van der Waals surface area contributed by atoms with Crippen molar-refractivity contribution in [2.75, 3.05) is 0 Å². The van der Waals surface area contributed by atoms with E-state index in [2.05, 4.69) is 22.0 Å². The molecule has 0 spiro atoms. The quantitative estimate of drug-likeness (QED) is 0.837. The van der Waals surface area contributed by atoms with E-state index in [0.717, 1.165) is 16.9 Å². The van der Waals surface area contributed by atoms with Gasteiger partial charge in [0.25, 0.3) is 0 Å². The fraction of sp³-hybridized carbons (Fsp3) is 0.250. The Morgan fingerprint density at radius 1 is 1.25 bits per heavy atom. The largest absolute Gasteiger partial charge is 0.485 e. The predicted octanol–water partition coefficient (Wildman–Crippen LogP) is 4.42. The van der Waals surface area contributed by atoms with Crippen LogP contribution in [0.15, 0.2) is 40.9 Å². The normalized spacial score (nSPS) is 21.2. The molecule has 0 saturated heterocycles. The van der Waals surface area contributed by atoms with Gasteiger partial charge in [-0.25, -0.2) is 4.39 Å². The van der Waals surface area contributed by atoms with Gasteiger partial charge in [0, 0.05) is 18.0 Å². The number of ether oxygens (including phenoxy) is 1. The smallest absolute Gasteiger partial charge is 0.137 e. The molecule has 2 atom stereocenters. The molecule has 0 aliphatic carbocycles. The molecule has 0 aromatic heterocycles. The summed E-state index contributed by atoms with van der Waals surface area (Å²) in [6.45, 7) is 2.04. The Hall–Kier alpha value is -1.39. The van der Waals surface area contributed by atoms with E-state index >= 15 is 0 Å². The van der Waals surface area contributed by atoms with Crippen LogP contribution in [0.2, 0.25) is 0 Å². The van der Waals surface area contributed by atoms with Crippen LogP contribution in [0.5, 0.6) is 5.75 Å². The molecule has 3 rings (SSSR count). The molecule has 1 aliphatic heterocycles. The van der Waals surface area contributed by atoms with Crippen molar-refractivity contribution in [2.45, 2.75) is 25.5 Å². The lowest BCUT2D eigenvalue weighted by Gasteiger charge is -2.31. The number of hydrogen-bond acceptors (Lipinski definition) is 2. The van der Waals surface area contributed by atoms with E-state index in [0.29, 0.717) is 10.9 Å². The van der Waals surface area contributed by atoms with Crippen molar-refractivity contribution in [3.8, 4) is 5.75 Å². The van der Waals surface area contributed by atoms with Gasteiger partial charge < -0.3 is 10.5 Å². The maximum atomic E-state index is 13.3. The van der Waals surface area contributed by atoms with Crippen molar-refractivity contribution in [1.29, 1.82) is 0 Å². The van der Waals surface area contributed by atoms with Crippen LogP contribution in [-0.4, -0.2) is 0 Å². The molecule has 20 heavy (non-hydrogen) atoms. The van der Waals surface area contributed by atoms with Gasteiger partial charge in [-0.3, -0.25) is 0 Å². The first-order valence-electron chi connectivity index (χ1n) is 6.52. The van der Waals surface area contributed by atoms with Crippen molar-refractivity contribution in [2.24, 2.45) is 5.73 Å². The third-order valence-corrected chi connectivity index (χ3v) is 4.23. The Bertz CT molecular complexity index is 659. The third-order valence-electron chi connectivity index (χ3n) is 3.62. The zero-order valence-electron chi connectivity index (χ0n) is 11.1. The van der Waals surface area contributed by atoms with Gasteiger partial charge in [0.05, 0.1) is 4.47 Å². The lowest BCUT2D eigenvalue weighted by atomic mass is 9.93. The van der Waals surface area contributed by atoms with Crippen molar-refractivity contribution in [1.82, 2.24) is 0 Å². The second kappa shape index (κ2) is 5.19. The molecule has 0 bridgehead atoms. The number of aryl methyl sites for hydroxylation is 1. The summed E-state index contributed by atoms with van der Waals surface area (Å²) in [6, 6.07) is 10.9. The molecule has 2 aromatic rings. The van der Waals surface area contributed by atoms with E-state index in [9.17, 15) is 4.39 Å². The molecule has 1 aliphatic rings. The summed E-state index contributed by atoms with van der Waals surface area (Å²) in [7, 11) is 0. The zero-order chi connectivity index (χ0) is 14.3. The third kappa shape index (κ3) is 2.45. The molecule has 0 saturated carbocycles. The highest BCUT2D eigenvalue weighted by molar-refractivity contribution is 9.10. The lowest BCUT2D eigenvalue weighted by molar-refractivity contribution is 0.161. The average Bonchev–Trinajstić information content (AvgIpc) is 2.42. The fourth-order valence-corrected chi connectivity index (χ4v) is 2.94. The molecule has 1 heterocycles. The summed E-state index contributed by atoms with van der Waals surface area (Å²) in [5, 5.41) is 0. The van der Waals surface area contributed by atoms with Gasteiger partial charge in [0.1, 0.15) is 17.7 Å². The Labute approximate surface area is 125 Å². The SMILES string of the molecule is Cc1ccc2c(c1)C(N)CC(c1ccc(F)c(Br)c1)O2. The number of halogens is 2. The minimum absolute atomic E-state index is 0.0625. The van der Waals surface area contributed by atoms with E-state index in [1.807, 2.05) is 19.1 Å². The minimum atomic E-state index is -0.273. The van der Waals surface area contributed by atoms with Crippen LogP contribution < -0.4 is 10.5 Å². The highest BCUT2D eigenvalue weighted by Gasteiger charge is 2.27. The number of hydrogen-bond donors (Lipinski definition) is 1. The monoisotopic (exact) mass is 335 g/mol. The van der Waals surface area contributed by atoms with Crippen molar-refractivity contribution < 1.29 is 9.13 Å². The molecule has 0 amide bonds. The summed E-state index contributed by atoms with van der Waals surface area (Å²) >= 11 is 3.21. The van der Waals surface area contributed by atoms with E-state index in [1.54, 1.807) is 12.1 Å². The Morgan fingerprint density at radius 3 is 2.80 bits per heavy atom. The first-order chi connectivity index (χ1) is 9.54. The van der Waals surface area contributed by atoms with Crippen LogP contribution in [0.1, 0.15) is 35.3 Å². The van der Waals surface area contributed by atoms with Gasteiger partial charge in [0.2, 0.25) is 0 Å². The summed E-state index contributed by atoms with van der Waals surface area (Å²) in [4.78, 5) is 0. The van der Waals surface area contributed by atoms with Gasteiger partial charge in [0.15, 0.2) is 0 Å². The molecular formula is C16H15BrFNO. The topological polar surface area (TPSA) is 35.2 Å². The predicted molar refractivity (Wildman–Crippen MR) is 80.2 cm³/mol. The van der Waals surface area contributed by atoms with Crippen LogP contribution >= 0.6 is 15.9 Å². The van der Waals surface area contributed by atoms with E-state index in [-0.39, 0.29) is 18.0 Å². The highest BCUT2D eigenvalue weighted by atomic mass is 79.9. The summed E-state index contributed by atoms with van der Waals surface area (Å²) < 4.78 is 19.8. The van der Waals surface area contributed by atoms with E-state index in [4.69, 9.17) is 10.5 Å². The summed E-state index contributed by atoms with van der Waals surface area (Å²) in [5.41, 5.74) is 9.39. The Balaban J connectivity index is 1.94. The number of nitrogens with two attached hydrogens (primary N) is 1. The van der Waals surface area contributed by atoms with Crippen molar-refractivity contribution in [3.05, 3.63) is 63.4 Å². The molecular weight excluding hydrogens is 321 g/mol. The first-order valence-corrected chi connectivity index (χ1v) is 7.31. The molecule has 2 N–H and O–H groups in total. The van der Waals surface area contributed by atoms with Crippen LogP contribution in [0.25, 0.3) is 0 Å². The second-order valence-corrected chi connectivity index (χ2v) is 6.02. The molecule has 104 valence electrons. The Kier molecular flexibility index (Phi) is 3.52. The van der Waals surface area contributed by atoms with Crippen LogP contribution in [-0.2, 0) is 0 Å². The van der Waals surface area contributed by atoms with Crippen molar-refractivity contribution >= 4 is 15.9 Å². The van der Waals surface area contributed by atoms with Gasteiger partial charge in [-0.2, -0.15) is 0 Å². The Morgan fingerprint density at radius 2 is 2.05 bits per heavy atom. The van der Waals surface area contributed by atoms with Crippen LogP contribution in [0, 0.1) is 12.7 Å². The molecule has 2 aromatic carbocycles. The van der Waals surface area contributed by atoms with E-state index in [1.165, 1.54) is 11.6 Å². The first kappa shape index (κ1) is 13.6. The molecule has 0 fully saturated rings. The number of fused-ring (bicyclic) bond motifs is 1. The van der Waals surface area contributed by atoms with Gasteiger partial charge >= 0.3 is 0 Å². The number of rotatable bonds is 1. The lowest BCUT2D eigenvalue weighted by Crippen LogP contribution is -2.24. The molecule has 0 radical (unpaired) electrons. The van der Waals surface area contributed by atoms with E-state index < -0.39 is 0 Å². The van der Waals surface area contributed by atoms with Crippen LogP contribution in [0.3, 0.4) is 0 Å².